The molecule has 0 atom stereocenters. The molecule has 0 aliphatic heterocycles. The summed E-state index contributed by atoms with van der Waals surface area (Å²) in [5.74, 6) is 1.37. The van der Waals surface area contributed by atoms with E-state index in [-0.39, 0.29) is 12.6 Å². The highest BCUT2D eigenvalue weighted by Crippen LogP contribution is 2.18. The van der Waals surface area contributed by atoms with Crippen molar-refractivity contribution in [2.75, 3.05) is 6.61 Å². The van der Waals surface area contributed by atoms with Crippen LogP contribution in [0.5, 0.6) is 0 Å². The molecule has 0 saturated heterocycles. The molecule has 0 spiro atoms. The molecule has 0 saturated carbocycles. The summed E-state index contributed by atoms with van der Waals surface area (Å²) in [6.45, 7) is 0.524. The zero-order valence-corrected chi connectivity index (χ0v) is 11.1. The topological polar surface area (TPSA) is 55.9 Å². The van der Waals surface area contributed by atoms with E-state index in [0.717, 1.165) is 0 Å². The minimum atomic E-state index is -0.174. The predicted octanol–water partition coefficient (Wildman–Crippen LogP) is 1.28. The molecule has 7 heteroatoms. The molecule has 5 nitrogen and oxygen atoms in total. The first kappa shape index (κ1) is 13.0. The van der Waals surface area contributed by atoms with E-state index in [1.165, 1.54) is 0 Å². The molecule has 0 fully saturated rings. The van der Waals surface area contributed by atoms with Gasteiger partial charge in [0.2, 0.25) is 0 Å². The van der Waals surface area contributed by atoms with Crippen LogP contribution in [-0.4, -0.2) is 41.6 Å². The van der Waals surface area contributed by atoms with Crippen LogP contribution < -0.4 is 0 Å². The van der Waals surface area contributed by atoms with Gasteiger partial charge in [-0.1, -0.05) is 24.4 Å². The van der Waals surface area contributed by atoms with Crippen molar-refractivity contribution in [3.05, 3.63) is 24.8 Å². The van der Waals surface area contributed by atoms with Gasteiger partial charge < -0.3 is 14.2 Å². The van der Waals surface area contributed by atoms with Gasteiger partial charge >= 0.3 is 0 Å². The van der Waals surface area contributed by atoms with E-state index >= 15 is 0 Å². The summed E-state index contributed by atoms with van der Waals surface area (Å²) in [6, 6.07) is -0.174. The van der Waals surface area contributed by atoms with Gasteiger partial charge in [0, 0.05) is 42.1 Å². The number of nitrogens with zero attached hydrogens (tertiary/aromatic N) is 4. The number of aromatic nitrogens is 4. The second kappa shape index (κ2) is 5.94. The lowest BCUT2D eigenvalue weighted by Gasteiger charge is -2.12. The van der Waals surface area contributed by atoms with Crippen molar-refractivity contribution in [1.82, 2.24) is 19.1 Å². The molecule has 0 aliphatic rings. The second-order valence-electron chi connectivity index (χ2n) is 3.59. The molecule has 2 heterocycles. The number of aliphatic hydroxyl groups is 1. The molecule has 0 aromatic carbocycles. The normalized spacial score (nSPS) is 10.8. The smallest absolute Gasteiger partial charge is 0.177 e. The van der Waals surface area contributed by atoms with E-state index in [0.29, 0.717) is 18.2 Å². The van der Waals surface area contributed by atoms with Gasteiger partial charge in [0.1, 0.15) is 0 Å². The number of hydrogen-bond donors (Lipinski definition) is 1. The average molecular weight is 280 g/mol. The van der Waals surface area contributed by atoms with Crippen LogP contribution in [0.2, 0.25) is 0 Å². The third-order valence-corrected chi connectivity index (χ3v) is 3.08. The van der Waals surface area contributed by atoms with E-state index in [2.05, 4.69) is 9.97 Å². The van der Waals surface area contributed by atoms with Crippen molar-refractivity contribution in [3.8, 4) is 11.6 Å². The van der Waals surface area contributed by atoms with Crippen molar-refractivity contribution >= 4 is 35.2 Å². The molecule has 0 bridgehead atoms. The van der Waals surface area contributed by atoms with Crippen molar-refractivity contribution in [3.63, 3.8) is 0 Å². The molecule has 0 unspecified atom stereocenters. The van der Waals surface area contributed by atoms with Crippen LogP contribution in [0.1, 0.15) is 6.04 Å². The van der Waals surface area contributed by atoms with E-state index in [9.17, 15) is 0 Å². The van der Waals surface area contributed by atoms with Gasteiger partial charge in [0.05, 0.1) is 12.6 Å². The highest BCUT2D eigenvalue weighted by molar-refractivity contribution is 7.80. The molecule has 0 radical (unpaired) electrons. The van der Waals surface area contributed by atoms with Gasteiger partial charge in [-0.15, -0.1) is 0 Å². The Morgan fingerprint density at radius 3 is 2.50 bits per heavy atom. The Hall–Kier alpha value is -1.44. The molecule has 2 aromatic heterocycles. The van der Waals surface area contributed by atoms with Crippen molar-refractivity contribution < 1.29 is 5.11 Å². The summed E-state index contributed by atoms with van der Waals surface area (Å²) < 4.78 is 3.69. The monoisotopic (exact) mass is 280 g/mol. The van der Waals surface area contributed by atoms with Gasteiger partial charge in [-0.3, -0.25) is 0 Å². The molecular formula is C11H12N4OS2. The molecule has 94 valence electrons. The first-order valence-corrected chi connectivity index (χ1v) is 6.32. The standard InChI is InChI=1S/C11H12N4OS2/c16-6-5-14-3-1-12-10(14)11-13-2-4-15(11)9(7-17)8-18/h1-4,7-9,16H,5-6H2. The van der Waals surface area contributed by atoms with Gasteiger partial charge in [-0.2, -0.15) is 0 Å². The molecule has 2 aromatic rings. The van der Waals surface area contributed by atoms with Gasteiger partial charge in [0.15, 0.2) is 11.6 Å². The number of imidazole rings is 2. The van der Waals surface area contributed by atoms with Crippen LogP contribution in [0.3, 0.4) is 0 Å². The quantitative estimate of drug-likeness (QED) is 0.808. The fourth-order valence-electron chi connectivity index (χ4n) is 1.69. The maximum absolute atomic E-state index is 9.01. The minimum Gasteiger partial charge on any atom is -0.395 e. The summed E-state index contributed by atoms with van der Waals surface area (Å²) in [6.07, 6.45) is 6.96. The summed E-state index contributed by atoms with van der Waals surface area (Å²) in [7, 11) is 0. The number of thiocarbonyl (C=S) groups is 2. The van der Waals surface area contributed by atoms with Crippen LogP contribution in [-0.2, 0) is 6.54 Å². The van der Waals surface area contributed by atoms with Gasteiger partial charge in [0.25, 0.3) is 0 Å². The lowest BCUT2D eigenvalue weighted by molar-refractivity contribution is 0.276. The molecule has 0 aliphatic carbocycles. The fraction of sp³-hybridized carbons (Fsp3) is 0.273. The average Bonchev–Trinajstić information content (AvgIpc) is 3.00. The molecule has 18 heavy (non-hydrogen) atoms. The van der Waals surface area contributed by atoms with Crippen LogP contribution in [0.4, 0.5) is 0 Å². The number of rotatable bonds is 6. The highest BCUT2D eigenvalue weighted by Gasteiger charge is 2.15. The maximum atomic E-state index is 9.01. The highest BCUT2D eigenvalue weighted by atomic mass is 32.1. The third kappa shape index (κ3) is 2.38. The molecule has 2 rings (SSSR count). The Morgan fingerprint density at radius 1 is 1.17 bits per heavy atom. The summed E-state index contributed by atoms with van der Waals surface area (Å²) in [5.41, 5.74) is 0. The largest absolute Gasteiger partial charge is 0.395 e. The Balaban J connectivity index is 2.44. The van der Waals surface area contributed by atoms with E-state index in [1.807, 2.05) is 15.3 Å². The van der Waals surface area contributed by atoms with E-state index < -0.39 is 0 Å². The SMILES string of the molecule is OCCn1ccnc1-c1nccn1C(C=S)C=S. The lowest BCUT2D eigenvalue weighted by Crippen LogP contribution is -2.13. The molecular weight excluding hydrogens is 268 g/mol. The van der Waals surface area contributed by atoms with Crippen molar-refractivity contribution in [1.29, 1.82) is 0 Å². The predicted molar refractivity (Wildman–Crippen MR) is 76.9 cm³/mol. The summed E-state index contributed by atoms with van der Waals surface area (Å²) in [4.78, 5) is 8.55. The van der Waals surface area contributed by atoms with Crippen LogP contribution >= 0.6 is 24.4 Å². The van der Waals surface area contributed by atoms with Crippen molar-refractivity contribution in [2.24, 2.45) is 0 Å². The zero-order chi connectivity index (χ0) is 13.0. The van der Waals surface area contributed by atoms with Crippen LogP contribution in [0, 0.1) is 0 Å². The van der Waals surface area contributed by atoms with Crippen LogP contribution in [0.15, 0.2) is 24.8 Å². The minimum absolute atomic E-state index is 0.0494. The first-order valence-electron chi connectivity index (χ1n) is 5.37. The number of aliphatic hydroxyl groups excluding tert-OH is 1. The Labute approximate surface area is 115 Å². The van der Waals surface area contributed by atoms with Gasteiger partial charge in [-0.05, 0) is 0 Å². The Morgan fingerprint density at radius 2 is 1.83 bits per heavy atom. The fourth-order valence-corrected chi connectivity index (χ4v) is 2.21. The van der Waals surface area contributed by atoms with E-state index in [4.69, 9.17) is 29.5 Å². The Bertz CT molecular complexity index is 541. The summed E-state index contributed by atoms with van der Waals surface area (Å²) in [5, 5.41) is 12.2. The zero-order valence-electron chi connectivity index (χ0n) is 9.51. The molecule has 1 N–H and O–H groups in total. The van der Waals surface area contributed by atoms with E-state index in [1.54, 1.807) is 29.3 Å². The van der Waals surface area contributed by atoms with Crippen LogP contribution in [0.25, 0.3) is 11.6 Å². The molecule has 0 amide bonds. The van der Waals surface area contributed by atoms with Gasteiger partial charge in [-0.25, -0.2) is 9.97 Å². The Kier molecular flexibility index (Phi) is 4.29. The first-order chi connectivity index (χ1) is 8.81. The summed E-state index contributed by atoms with van der Waals surface area (Å²) >= 11 is 9.91. The second-order valence-corrected chi connectivity index (χ2v) is 4.13. The maximum Gasteiger partial charge on any atom is 0.177 e. The lowest BCUT2D eigenvalue weighted by atomic mass is 10.3. The van der Waals surface area contributed by atoms with Crippen molar-refractivity contribution in [2.45, 2.75) is 12.6 Å². The third-order valence-electron chi connectivity index (χ3n) is 2.53. The number of hydrogen-bond acceptors (Lipinski definition) is 5.